The number of aliphatic hydroxyl groups is 2. The second-order valence-electron chi connectivity index (χ2n) is 7.72. The van der Waals surface area contributed by atoms with Gasteiger partial charge in [-0.15, -0.1) is 0 Å². The summed E-state index contributed by atoms with van der Waals surface area (Å²) in [7, 11) is 0. The van der Waals surface area contributed by atoms with E-state index in [1.807, 2.05) is 0 Å². The van der Waals surface area contributed by atoms with Crippen LogP contribution in [0.15, 0.2) is 121 Å². The van der Waals surface area contributed by atoms with Crippen LogP contribution in [0.3, 0.4) is 0 Å². The Labute approximate surface area is 237 Å². The number of carbonyl (C=O) groups is 4. The minimum atomic E-state index is -0.879. The fraction of sp³-hybridized carbons (Fsp3) is 0.0968. The highest BCUT2D eigenvalue weighted by Crippen LogP contribution is 1.98. The number of carboxylic acid groups (broad SMARTS) is 4. The minimum Gasteiger partial charge on any atom is -0.478 e. The smallest absolute Gasteiger partial charge is 0.335 e. The van der Waals surface area contributed by atoms with Crippen molar-refractivity contribution < 1.29 is 49.8 Å². The zero-order valence-electron chi connectivity index (χ0n) is 22.1. The van der Waals surface area contributed by atoms with Gasteiger partial charge in [-0.05, 0) is 55.5 Å². The topological polar surface area (TPSA) is 190 Å². The first-order valence-corrected chi connectivity index (χ1v) is 11.9. The number of hydrogen-bond donors (Lipinski definition) is 6. The molecule has 4 rings (SSSR count). The Morgan fingerprint density at radius 2 is 0.610 bits per heavy atom. The summed E-state index contributed by atoms with van der Waals surface area (Å²) in [5, 5.41) is 49.5. The lowest BCUT2D eigenvalue weighted by atomic mass is 10.2. The number of aliphatic hydroxyl groups excluding tert-OH is 2. The van der Waals surface area contributed by atoms with Crippen molar-refractivity contribution in [1.29, 1.82) is 0 Å². The number of hydrogen-bond acceptors (Lipinski definition) is 6. The monoisotopic (exact) mass is 564 g/mol. The normalized spacial score (nSPS) is 9.63. The fourth-order valence-electron chi connectivity index (χ4n) is 2.32. The zero-order chi connectivity index (χ0) is 31.0. The largest absolute Gasteiger partial charge is 0.478 e. The van der Waals surface area contributed by atoms with Crippen molar-refractivity contribution in [3.8, 4) is 0 Å². The van der Waals surface area contributed by atoms with E-state index in [2.05, 4.69) is 0 Å². The summed E-state index contributed by atoms with van der Waals surface area (Å²) in [5.41, 5.74) is 1.32. The highest BCUT2D eigenvalue weighted by molar-refractivity contribution is 5.88. The lowest BCUT2D eigenvalue weighted by molar-refractivity contribution is 0.0686. The average Bonchev–Trinajstić information content (AvgIpc) is 3.00. The van der Waals surface area contributed by atoms with Crippen LogP contribution in [0.1, 0.15) is 48.4 Å². The number of benzene rings is 4. The lowest BCUT2D eigenvalue weighted by Gasteiger charge is -1.90. The molecule has 6 N–H and O–H groups in total. The third-order valence-corrected chi connectivity index (χ3v) is 4.35. The molecule has 0 bridgehead atoms. The zero-order valence-corrected chi connectivity index (χ0v) is 22.1. The Morgan fingerprint density at radius 3 is 0.683 bits per heavy atom. The van der Waals surface area contributed by atoms with Crippen LogP contribution in [-0.2, 0) is 0 Å². The Balaban J connectivity index is 0.000000494. The first-order valence-electron chi connectivity index (χ1n) is 11.9. The molecule has 0 radical (unpaired) electrons. The van der Waals surface area contributed by atoms with Crippen LogP contribution in [-0.4, -0.2) is 67.2 Å². The summed E-state index contributed by atoms with van der Waals surface area (Å²) in [6.07, 6.45) is -0.560. The van der Waals surface area contributed by atoms with Crippen molar-refractivity contribution >= 4 is 23.9 Å². The van der Waals surface area contributed by atoms with Gasteiger partial charge in [0.15, 0.2) is 0 Å². The van der Waals surface area contributed by atoms with Crippen molar-refractivity contribution in [2.45, 2.75) is 13.0 Å². The van der Waals surface area contributed by atoms with E-state index >= 15 is 0 Å². The molecule has 1 atom stereocenters. The van der Waals surface area contributed by atoms with Gasteiger partial charge in [0.25, 0.3) is 0 Å². The third-order valence-electron chi connectivity index (χ3n) is 4.35. The summed E-state index contributed by atoms with van der Waals surface area (Å²) in [6.45, 7) is 1.39. The molecule has 0 amide bonds. The molecular weight excluding hydrogens is 532 g/mol. The van der Waals surface area contributed by atoms with Gasteiger partial charge >= 0.3 is 23.9 Å². The van der Waals surface area contributed by atoms with E-state index in [0.717, 1.165) is 0 Å². The van der Waals surface area contributed by atoms with E-state index in [4.69, 9.17) is 30.6 Å². The quantitative estimate of drug-likeness (QED) is 0.194. The molecule has 0 aliphatic heterocycles. The molecule has 0 saturated heterocycles. The molecule has 0 aliphatic carbocycles. The molecule has 10 nitrogen and oxygen atoms in total. The standard InChI is InChI=1S/4C7H6O2.C3H8O2/c4*8-7(9)6-4-2-1-3-5-6;1-3(5)2-4/h4*1-5H,(H,8,9);3-5H,2H2,1H3. The molecule has 1 unspecified atom stereocenters. The van der Waals surface area contributed by atoms with E-state index < -0.39 is 30.0 Å². The Morgan fingerprint density at radius 1 is 0.463 bits per heavy atom. The molecule has 4 aromatic rings. The van der Waals surface area contributed by atoms with E-state index in [9.17, 15) is 19.2 Å². The predicted octanol–water partition coefficient (Wildman–Crippen LogP) is 4.90. The highest BCUT2D eigenvalue weighted by Gasteiger charge is 1.98. The first-order chi connectivity index (χ1) is 19.5. The van der Waals surface area contributed by atoms with Crippen LogP contribution in [0.4, 0.5) is 0 Å². The maximum atomic E-state index is 10.2. The Hall–Kier alpha value is -5.32. The van der Waals surface area contributed by atoms with E-state index in [0.29, 0.717) is 22.3 Å². The van der Waals surface area contributed by atoms with Crippen molar-refractivity contribution in [3.63, 3.8) is 0 Å². The van der Waals surface area contributed by atoms with Gasteiger partial charge in [-0.3, -0.25) is 0 Å². The molecule has 10 heteroatoms. The molecule has 0 spiro atoms. The molecule has 4 aromatic carbocycles. The predicted molar refractivity (Wildman–Crippen MR) is 152 cm³/mol. The van der Waals surface area contributed by atoms with Crippen molar-refractivity contribution in [2.75, 3.05) is 6.61 Å². The molecule has 0 aliphatic rings. The van der Waals surface area contributed by atoms with Crippen molar-refractivity contribution in [3.05, 3.63) is 144 Å². The van der Waals surface area contributed by atoms with Gasteiger partial charge in [-0.25, -0.2) is 19.2 Å². The second-order valence-corrected chi connectivity index (χ2v) is 7.72. The maximum absolute atomic E-state index is 10.2. The Kier molecular flexibility index (Phi) is 18.8. The third kappa shape index (κ3) is 18.6. The molecule has 0 fully saturated rings. The SMILES string of the molecule is CC(O)CO.O=C(O)c1ccccc1.O=C(O)c1ccccc1.O=C(O)c1ccccc1.O=C(O)c1ccccc1. The molecule has 41 heavy (non-hydrogen) atoms. The molecule has 0 saturated carbocycles. The molecule has 216 valence electrons. The summed E-state index contributed by atoms with van der Waals surface area (Å²) < 4.78 is 0. The van der Waals surface area contributed by atoms with Crippen LogP contribution in [0.25, 0.3) is 0 Å². The van der Waals surface area contributed by atoms with Gasteiger partial charge in [0, 0.05) is 0 Å². The van der Waals surface area contributed by atoms with Gasteiger partial charge in [0.05, 0.1) is 35.0 Å². The highest BCUT2D eigenvalue weighted by atomic mass is 16.4. The van der Waals surface area contributed by atoms with Gasteiger partial charge < -0.3 is 30.6 Å². The average molecular weight is 565 g/mol. The summed E-state index contributed by atoms with van der Waals surface area (Å²) in [4.78, 5) is 40.8. The summed E-state index contributed by atoms with van der Waals surface area (Å²) >= 11 is 0. The summed E-state index contributed by atoms with van der Waals surface area (Å²) in [6, 6.07) is 33.2. The Bertz CT molecular complexity index is 1080. The first kappa shape index (κ1) is 35.7. The summed E-state index contributed by atoms with van der Waals surface area (Å²) in [5.74, 6) is -3.52. The van der Waals surface area contributed by atoms with Crippen LogP contribution >= 0.6 is 0 Å². The van der Waals surface area contributed by atoms with Crippen LogP contribution in [0, 0.1) is 0 Å². The van der Waals surface area contributed by atoms with Gasteiger partial charge in [0.2, 0.25) is 0 Å². The van der Waals surface area contributed by atoms with E-state index in [1.54, 1.807) is 121 Å². The number of rotatable bonds is 5. The minimum absolute atomic E-state index is 0.139. The van der Waals surface area contributed by atoms with Crippen LogP contribution in [0.2, 0.25) is 0 Å². The lowest BCUT2D eigenvalue weighted by Crippen LogP contribution is -2.03. The van der Waals surface area contributed by atoms with E-state index in [1.165, 1.54) is 6.92 Å². The maximum Gasteiger partial charge on any atom is 0.335 e. The van der Waals surface area contributed by atoms with Crippen LogP contribution in [0.5, 0.6) is 0 Å². The molecular formula is C31H32O10. The van der Waals surface area contributed by atoms with Crippen molar-refractivity contribution in [1.82, 2.24) is 0 Å². The van der Waals surface area contributed by atoms with Gasteiger partial charge in [-0.2, -0.15) is 0 Å². The van der Waals surface area contributed by atoms with Gasteiger partial charge in [-0.1, -0.05) is 72.8 Å². The van der Waals surface area contributed by atoms with E-state index in [-0.39, 0.29) is 6.61 Å². The van der Waals surface area contributed by atoms with Crippen molar-refractivity contribution in [2.24, 2.45) is 0 Å². The van der Waals surface area contributed by atoms with Crippen LogP contribution < -0.4 is 0 Å². The number of carboxylic acids is 4. The molecule has 0 aromatic heterocycles. The molecule has 0 heterocycles. The second kappa shape index (κ2) is 21.6. The fourth-order valence-corrected chi connectivity index (χ4v) is 2.32. The number of aromatic carboxylic acids is 4. The van der Waals surface area contributed by atoms with Gasteiger partial charge in [0.1, 0.15) is 0 Å².